The Morgan fingerprint density at radius 1 is 0.828 bits per heavy atom. The zero-order valence-electron chi connectivity index (χ0n) is 32.8. The maximum absolute atomic E-state index is 13.5. The van der Waals surface area contributed by atoms with Crippen molar-refractivity contribution in [3.8, 4) is 23.0 Å². The molecule has 1 heterocycles. The van der Waals surface area contributed by atoms with Gasteiger partial charge in [0.1, 0.15) is 46.3 Å². The molecule has 4 atom stereocenters. The van der Waals surface area contributed by atoms with E-state index in [4.69, 9.17) is 19.3 Å². The Bertz CT molecular complexity index is 2290. The van der Waals surface area contributed by atoms with Crippen LogP contribution in [-0.2, 0) is 16.4 Å². The summed E-state index contributed by atoms with van der Waals surface area (Å²) in [5, 5.41) is 51.3. The highest BCUT2D eigenvalue weighted by atomic mass is 32.2. The number of anilines is 5. The number of rotatable bonds is 16. The molecule has 0 saturated carbocycles. The number of hydrogen-bond acceptors (Lipinski definition) is 12. The summed E-state index contributed by atoms with van der Waals surface area (Å²) in [6.45, 7) is 4.97. The highest BCUT2D eigenvalue weighted by Gasteiger charge is 2.25. The highest BCUT2D eigenvalue weighted by Crippen LogP contribution is 2.40. The van der Waals surface area contributed by atoms with Crippen LogP contribution in [0.4, 0.5) is 33.4 Å². The Hall–Kier alpha value is -5.98. The van der Waals surface area contributed by atoms with Crippen LogP contribution in [0.25, 0.3) is 10.8 Å². The second-order valence-electron chi connectivity index (χ2n) is 14.2. The van der Waals surface area contributed by atoms with Crippen LogP contribution in [0.1, 0.15) is 36.7 Å². The van der Waals surface area contributed by atoms with Crippen molar-refractivity contribution in [3.63, 3.8) is 0 Å². The number of aromatic nitrogens is 1. The number of ether oxygens (including phenoxy) is 3. The highest BCUT2D eigenvalue weighted by molar-refractivity contribution is 7.85. The number of urea groups is 1. The third kappa shape index (κ3) is 10.7. The molecule has 0 aliphatic carbocycles. The Labute approximate surface area is 338 Å². The fourth-order valence-corrected chi connectivity index (χ4v) is 6.36. The summed E-state index contributed by atoms with van der Waals surface area (Å²) in [6.07, 6.45) is -1.65. The molecule has 17 heteroatoms. The quantitative estimate of drug-likeness (QED) is 0.0623. The van der Waals surface area contributed by atoms with E-state index < -0.39 is 47.8 Å². The van der Waals surface area contributed by atoms with Gasteiger partial charge in [0.2, 0.25) is 0 Å². The monoisotopic (exact) mass is 816 g/mol. The molecule has 0 fully saturated rings. The van der Waals surface area contributed by atoms with Gasteiger partial charge in [-0.3, -0.25) is 4.79 Å². The molecule has 0 aliphatic rings. The van der Waals surface area contributed by atoms with E-state index in [1.165, 1.54) is 26.5 Å². The molecule has 308 valence electrons. The smallest absolute Gasteiger partial charge is 0.323 e. The van der Waals surface area contributed by atoms with E-state index in [1.807, 2.05) is 57.2 Å². The minimum absolute atomic E-state index is 0.149. The molecule has 9 N–H and O–H groups in total. The lowest BCUT2D eigenvalue weighted by Crippen LogP contribution is -2.45. The topological polar surface area (TPSA) is 233 Å². The number of aliphatic hydroxyl groups excluding tert-OH is 4. The molecule has 0 aliphatic heterocycles. The van der Waals surface area contributed by atoms with Gasteiger partial charge in [0.05, 0.1) is 49.6 Å². The van der Waals surface area contributed by atoms with Crippen molar-refractivity contribution in [1.29, 1.82) is 0 Å². The van der Waals surface area contributed by atoms with Crippen molar-refractivity contribution in [2.45, 2.75) is 44.5 Å². The number of nitrogens with one attached hydrogen (secondary N) is 5. The lowest BCUT2D eigenvalue weighted by molar-refractivity contribution is -0.0743. The Morgan fingerprint density at radius 2 is 1.53 bits per heavy atom. The number of carbonyl (C=O) groups is 2. The molecule has 0 bridgehead atoms. The Kier molecular flexibility index (Phi) is 14.1. The van der Waals surface area contributed by atoms with Crippen molar-refractivity contribution >= 4 is 62.3 Å². The number of methoxy groups -OCH3 is 2. The number of aliphatic hydroxyl groups is 4. The van der Waals surface area contributed by atoms with Crippen molar-refractivity contribution in [2.24, 2.45) is 0 Å². The van der Waals surface area contributed by atoms with Gasteiger partial charge in [-0.1, -0.05) is 45.0 Å². The van der Waals surface area contributed by atoms with Crippen LogP contribution in [0.15, 0.2) is 85.1 Å². The van der Waals surface area contributed by atoms with Gasteiger partial charge in [0.25, 0.3) is 5.91 Å². The molecule has 5 rings (SSSR count). The number of benzene rings is 4. The lowest BCUT2D eigenvalue weighted by Gasteiger charge is -2.24. The second-order valence-corrected chi connectivity index (χ2v) is 15.3. The molecule has 0 saturated heterocycles. The molecule has 0 spiro atoms. The van der Waals surface area contributed by atoms with Crippen LogP contribution in [-0.4, -0.2) is 93.5 Å². The van der Waals surface area contributed by atoms with Gasteiger partial charge >= 0.3 is 6.03 Å². The molecular weight excluding hydrogens is 769 g/mol. The first-order valence-electron chi connectivity index (χ1n) is 18.1. The van der Waals surface area contributed by atoms with Gasteiger partial charge < -0.3 is 60.6 Å². The van der Waals surface area contributed by atoms with Crippen LogP contribution in [0.2, 0.25) is 0 Å². The van der Waals surface area contributed by atoms with Gasteiger partial charge in [-0.25, -0.2) is 14.0 Å². The summed E-state index contributed by atoms with van der Waals surface area (Å²) in [7, 11) is 1.49. The summed E-state index contributed by atoms with van der Waals surface area (Å²) in [4.78, 5) is 30.7. The lowest BCUT2D eigenvalue weighted by atomic mass is 9.86. The van der Waals surface area contributed by atoms with E-state index in [-0.39, 0.29) is 23.3 Å². The predicted octanol–water partition coefficient (Wildman–Crippen LogP) is 5.24. The summed E-state index contributed by atoms with van der Waals surface area (Å²) >= 11 is 0. The molecule has 4 aromatic carbocycles. The first-order valence-corrected chi connectivity index (χ1v) is 19.6. The van der Waals surface area contributed by atoms with Gasteiger partial charge in [-0.15, -0.1) is 0 Å². The number of fused-ring (bicyclic) bond motifs is 1. The normalized spacial score (nSPS) is 13.4. The first-order chi connectivity index (χ1) is 27.6. The molecule has 3 amide bonds. The SMILES string of the molecule is COc1cc(Nc2cc(Oc3ccc(NC(=O)Nc4cc(C(C)(C)C)cc(NS(C)=O)c4OC)c4ccccc34)ccn2)ccc1C(=O)NC[C@H](O)[C@H](O)[C@H](O)CO. The van der Waals surface area contributed by atoms with Crippen LogP contribution in [0.3, 0.4) is 0 Å². The molecule has 58 heavy (non-hydrogen) atoms. The fourth-order valence-electron chi connectivity index (χ4n) is 5.90. The summed E-state index contributed by atoms with van der Waals surface area (Å²) in [5.41, 5.74) is 2.71. The predicted molar refractivity (Wildman–Crippen MR) is 224 cm³/mol. The summed E-state index contributed by atoms with van der Waals surface area (Å²) in [5.74, 6) is 1.35. The minimum atomic E-state index is -1.65. The van der Waals surface area contributed by atoms with Gasteiger partial charge in [0.15, 0.2) is 5.75 Å². The van der Waals surface area contributed by atoms with E-state index in [1.54, 1.807) is 42.6 Å². The van der Waals surface area contributed by atoms with Crippen molar-refractivity contribution in [1.82, 2.24) is 10.3 Å². The molecule has 16 nitrogen and oxygen atoms in total. The first kappa shape index (κ1) is 43.1. The zero-order chi connectivity index (χ0) is 42.1. The van der Waals surface area contributed by atoms with Crippen molar-refractivity contribution in [3.05, 3.63) is 96.2 Å². The maximum atomic E-state index is 13.5. The fraction of sp³-hybridized carbons (Fsp3) is 0.293. The molecule has 0 radical (unpaired) electrons. The standard InChI is InChI=1S/C41H48N6O10S/c1-41(2,3)23-17-30(38(56-5)31(18-23)47-58(6)54)46-40(53)45-29-13-14-34(27-10-8-7-9-26(27)29)57-25-15-16-42-36(20-25)44-24-11-12-28(35(19-24)55-4)39(52)43-21-32(49)37(51)33(50)22-48/h7-20,32-33,37,47-51H,21-22H2,1-6H3,(H,42,44)(H,43,52)(H2,45,46,53)/t32-,33+,37-,58?/m0/s1. The van der Waals surface area contributed by atoms with E-state index in [9.17, 15) is 29.1 Å². The molecule has 5 aromatic rings. The number of nitrogens with zero attached hydrogens (tertiary/aromatic N) is 1. The third-order valence-electron chi connectivity index (χ3n) is 8.92. The molecule has 1 unspecified atom stereocenters. The number of pyridine rings is 1. The Morgan fingerprint density at radius 3 is 2.21 bits per heavy atom. The average Bonchev–Trinajstić information content (AvgIpc) is 3.19. The van der Waals surface area contributed by atoms with Crippen molar-refractivity contribution < 1.29 is 48.4 Å². The van der Waals surface area contributed by atoms with E-state index in [0.29, 0.717) is 51.2 Å². The minimum Gasteiger partial charge on any atom is -0.496 e. The van der Waals surface area contributed by atoms with E-state index in [2.05, 4.69) is 31.0 Å². The van der Waals surface area contributed by atoms with Crippen LogP contribution in [0.5, 0.6) is 23.0 Å². The van der Waals surface area contributed by atoms with Gasteiger partial charge in [-0.2, -0.15) is 0 Å². The van der Waals surface area contributed by atoms with E-state index in [0.717, 1.165) is 10.9 Å². The zero-order valence-corrected chi connectivity index (χ0v) is 33.6. The second kappa shape index (κ2) is 19.0. The third-order valence-corrected chi connectivity index (χ3v) is 9.43. The maximum Gasteiger partial charge on any atom is 0.323 e. The summed E-state index contributed by atoms with van der Waals surface area (Å²) in [6, 6.07) is 22.2. The van der Waals surface area contributed by atoms with Crippen LogP contribution in [0, 0.1) is 0 Å². The average molecular weight is 817 g/mol. The summed E-state index contributed by atoms with van der Waals surface area (Å²) < 4.78 is 32.4. The largest absolute Gasteiger partial charge is 0.496 e. The number of hydrogen-bond donors (Lipinski definition) is 9. The number of carbonyl (C=O) groups excluding carboxylic acids is 2. The van der Waals surface area contributed by atoms with Gasteiger partial charge in [0, 0.05) is 47.6 Å². The number of amides is 3. The van der Waals surface area contributed by atoms with Crippen LogP contribution >= 0.6 is 0 Å². The van der Waals surface area contributed by atoms with Crippen molar-refractivity contribution in [2.75, 3.05) is 54.3 Å². The van der Waals surface area contributed by atoms with Crippen LogP contribution < -0.4 is 40.2 Å². The van der Waals surface area contributed by atoms with E-state index >= 15 is 0 Å². The molecule has 1 aromatic heterocycles. The van der Waals surface area contributed by atoms with Gasteiger partial charge in [-0.05, 0) is 53.4 Å². The Balaban J connectivity index is 1.30. The molecular formula is C41H48N6O10S.